The Hall–Kier alpha value is -3.29. The van der Waals surface area contributed by atoms with Gasteiger partial charge in [-0.15, -0.1) is 0 Å². The van der Waals surface area contributed by atoms with E-state index in [1.807, 2.05) is 0 Å². The molecule has 2 aliphatic heterocycles. The summed E-state index contributed by atoms with van der Waals surface area (Å²) in [6.45, 7) is 1.32. The molecule has 2 aliphatic rings. The zero-order chi connectivity index (χ0) is 20.1. The van der Waals surface area contributed by atoms with Gasteiger partial charge < -0.3 is 10.2 Å². The second-order valence-electron chi connectivity index (χ2n) is 7.03. The molecule has 2 aromatic carbocycles. The van der Waals surface area contributed by atoms with Gasteiger partial charge in [0.2, 0.25) is 11.8 Å². The number of rotatable bonds is 3. The molecular weight excluding hydrogens is 368 g/mol. The molecule has 3 amide bonds. The van der Waals surface area contributed by atoms with E-state index in [2.05, 4.69) is 5.32 Å². The Bertz CT molecular complexity index is 1010. The fourth-order valence-electron chi connectivity index (χ4n) is 3.87. The highest BCUT2D eigenvalue weighted by molar-refractivity contribution is 6.11. The van der Waals surface area contributed by atoms with Crippen molar-refractivity contribution < 1.29 is 23.2 Å². The van der Waals surface area contributed by atoms with Gasteiger partial charge in [-0.1, -0.05) is 12.1 Å². The third-order valence-electron chi connectivity index (χ3n) is 5.25. The van der Waals surface area contributed by atoms with Crippen molar-refractivity contribution in [1.29, 1.82) is 0 Å². The maximum Gasteiger partial charge on any atom is 0.258 e. The smallest absolute Gasteiger partial charge is 0.258 e. The highest BCUT2D eigenvalue weighted by atomic mass is 19.1. The number of para-hydroxylation sites is 1. The van der Waals surface area contributed by atoms with Crippen LogP contribution in [-0.4, -0.2) is 34.8 Å². The minimum Gasteiger partial charge on any atom is -0.322 e. The van der Waals surface area contributed by atoms with Crippen molar-refractivity contribution in [2.24, 2.45) is 0 Å². The molecule has 1 fully saturated rings. The molecule has 1 N–H and O–H groups in total. The van der Waals surface area contributed by atoms with E-state index in [1.165, 1.54) is 4.90 Å². The molecule has 28 heavy (non-hydrogen) atoms. The lowest BCUT2D eigenvalue weighted by atomic mass is 9.98. The quantitative estimate of drug-likeness (QED) is 0.883. The average Bonchev–Trinajstić information content (AvgIpc) is 2.97. The summed E-state index contributed by atoms with van der Waals surface area (Å²) in [5.41, 5.74) is -0.468. The predicted molar refractivity (Wildman–Crippen MR) is 97.6 cm³/mol. The van der Waals surface area contributed by atoms with Crippen molar-refractivity contribution in [2.75, 3.05) is 16.8 Å². The number of halogens is 2. The number of hydrogen-bond donors (Lipinski definition) is 1. The van der Waals surface area contributed by atoms with Crippen molar-refractivity contribution in [3.8, 4) is 0 Å². The molecule has 144 valence electrons. The van der Waals surface area contributed by atoms with Crippen LogP contribution in [0.25, 0.3) is 0 Å². The second-order valence-corrected chi connectivity index (χ2v) is 7.03. The van der Waals surface area contributed by atoms with E-state index in [9.17, 15) is 23.2 Å². The Morgan fingerprint density at radius 3 is 2.71 bits per heavy atom. The predicted octanol–water partition coefficient (Wildman–Crippen LogP) is 2.90. The van der Waals surface area contributed by atoms with Gasteiger partial charge in [0.15, 0.2) is 0 Å². The van der Waals surface area contributed by atoms with Crippen LogP contribution in [0.3, 0.4) is 0 Å². The maximum atomic E-state index is 13.8. The number of fused-ring (bicyclic) bond motifs is 3. The second kappa shape index (κ2) is 6.40. The summed E-state index contributed by atoms with van der Waals surface area (Å²) in [6.07, 6.45) is 0.613. The number of benzene rings is 2. The molecule has 4 rings (SSSR count). The molecule has 8 heteroatoms. The third-order valence-corrected chi connectivity index (χ3v) is 5.25. The van der Waals surface area contributed by atoms with Gasteiger partial charge in [0, 0.05) is 12.5 Å². The molecule has 0 radical (unpaired) electrons. The fourth-order valence-corrected chi connectivity index (χ4v) is 3.87. The van der Waals surface area contributed by atoms with Gasteiger partial charge in [-0.25, -0.2) is 8.78 Å². The molecule has 0 bridgehead atoms. The van der Waals surface area contributed by atoms with Gasteiger partial charge in [-0.3, -0.25) is 19.3 Å². The first kappa shape index (κ1) is 18.1. The molecule has 1 saturated heterocycles. The molecule has 0 aliphatic carbocycles. The molecular formula is C20H17F2N3O3. The minimum absolute atomic E-state index is 0.135. The summed E-state index contributed by atoms with van der Waals surface area (Å²) >= 11 is 0. The molecule has 1 atom stereocenters. The number of nitrogens with one attached hydrogen (secondary N) is 1. The van der Waals surface area contributed by atoms with E-state index in [1.54, 1.807) is 36.1 Å². The van der Waals surface area contributed by atoms with Crippen molar-refractivity contribution in [3.05, 3.63) is 59.7 Å². The first-order valence-corrected chi connectivity index (χ1v) is 8.80. The number of amides is 3. The van der Waals surface area contributed by atoms with Gasteiger partial charge in [0.05, 0.1) is 16.9 Å². The monoisotopic (exact) mass is 385 g/mol. The van der Waals surface area contributed by atoms with Crippen molar-refractivity contribution in [1.82, 2.24) is 4.90 Å². The van der Waals surface area contributed by atoms with E-state index in [-0.39, 0.29) is 23.9 Å². The van der Waals surface area contributed by atoms with Crippen LogP contribution in [0.4, 0.5) is 20.2 Å². The Labute approximate surface area is 159 Å². The van der Waals surface area contributed by atoms with E-state index in [4.69, 9.17) is 0 Å². The van der Waals surface area contributed by atoms with Crippen LogP contribution in [0.1, 0.15) is 30.1 Å². The molecule has 2 heterocycles. The first-order valence-electron chi connectivity index (χ1n) is 8.80. The van der Waals surface area contributed by atoms with Gasteiger partial charge in [0.1, 0.15) is 23.8 Å². The summed E-state index contributed by atoms with van der Waals surface area (Å²) in [5.74, 6) is -2.69. The zero-order valence-electron chi connectivity index (χ0n) is 15.0. The first-order chi connectivity index (χ1) is 13.3. The highest BCUT2D eigenvalue weighted by Crippen LogP contribution is 2.43. The van der Waals surface area contributed by atoms with Gasteiger partial charge >= 0.3 is 0 Å². The summed E-state index contributed by atoms with van der Waals surface area (Å²) in [7, 11) is 0. The van der Waals surface area contributed by atoms with E-state index in [0.717, 1.165) is 18.2 Å². The Kier molecular flexibility index (Phi) is 4.14. The summed E-state index contributed by atoms with van der Waals surface area (Å²) in [6, 6.07) is 9.44. The fraction of sp³-hybridized carbons (Fsp3) is 0.250. The van der Waals surface area contributed by atoms with Crippen LogP contribution in [0.5, 0.6) is 0 Å². The average molecular weight is 385 g/mol. The molecule has 0 saturated carbocycles. The molecule has 0 spiro atoms. The highest BCUT2D eigenvalue weighted by Gasteiger charge is 2.53. The largest absolute Gasteiger partial charge is 0.322 e. The zero-order valence-corrected chi connectivity index (χ0v) is 15.0. The number of carbonyl (C=O) groups is 3. The van der Waals surface area contributed by atoms with Crippen LogP contribution in [0.2, 0.25) is 0 Å². The lowest BCUT2D eigenvalue weighted by Gasteiger charge is -2.48. The van der Waals surface area contributed by atoms with Crippen LogP contribution in [0.15, 0.2) is 42.5 Å². The van der Waals surface area contributed by atoms with E-state index < -0.39 is 29.7 Å². The molecule has 2 aromatic rings. The molecule has 1 unspecified atom stereocenters. The van der Waals surface area contributed by atoms with E-state index in [0.29, 0.717) is 17.7 Å². The van der Waals surface area contributed by atoms with Crippen LogP contribution in [-0.2, 0) is 9.59 Å². The normalized spacial score (nSPS) is 20.8. The summed E-state index contributed by atoms with van der Waals surface area (Å²) < 4.78 is 27.1. The number of carbonyl (C=O) groups excluding carboxylic acids is 3. The Morgan fingerprint density at radius 1 is 1.18 bits per heavy atom. The SMILES string of the molecule is CC12CCC(=O)N1c1ccccc1C(=O)N2CC(=O)Nc1cc(F)ccc1F. The summed E-state index contributed by atoms with van der Waals surface area (Å²) in [5, 5.41) is 2.30. The lowest BCUT2D eigenvalue weighted by molar-refractivity contribution is -0.120. The van der Waals surface area contributed by atoms with Crippen molar-refractivity contribution >= 4 is 29.1 Å². The van der Waals surface area contributed by atoms with Crippen molar-refractivity contribution in [3.63, 3.8) is 0 Å². The number of nitrogens with zero attached hydrogens (tertiary/aromatic N) is 2. The Balaban J connectivity index is 1.65. The van der Waals surface area contributed by atoms with E-state index >= 15 is 0 Å². The standard InChI is InChI=1S/C20H17F2N3O3/c1-20-9-8-18(27)25(20)16-5-3-2-4-13(16)19(28)24(20)11-17(26)23-15-10-12(21)6-7-14(15)22/h2-7,10H,8-9,11H2,1H3,(H,23,26). The Morgan fingerprint density at radius 2 is 1.93 bits per heavy atom. The number of hydrogen-bond acceptors (Lipinski definition) is 3. The van der Waals surface area contributed by atoms with Crippen molar-refractivity contribution in [2.45, 2.75) is 25.4 Å². The third kappa shape index (κ3) is 2.72. The van der Waals surface area contributed by atoms with Crippen LogP contribution in [0, 0.1) is 11.6 Å². The lowest BCUT2D eigenvalue weighted by Crippen LogP contribution is -2.63. The molecule has 6 nitrogen and oxygen atoms in total. The van der Waals surface area contributed by atoms with Gasteiger partial charge in [-0.2, -0.15) is 0 Å². The maximum absolute atomic E-state index is 13.8. The van der Waals surface area contributed by atoms with Crippen LogP contribution >= 0.6 is 0 Å². The van der Waals surface area contributed by atoms with Crippen LogP contribution < -0.4 is 10.2 Å². The molecule has 0 aromatic heterocycles. The topological polar surface area (TPSA) is 69.7 Å². The van der Waals surface area contributed by atoms with Gasteiger partial charge in [0.25, 0.3) is 5.91 Å². The number of anilines is 2. The summed E-state index contributed by atoms with van der Waals surface area (Å²) in [4.78, 5) is 40.9. The van der Waals surface area contributed by atoms with Gasteiger partial charge in [-0.05, 0) is 37.6 Å². The minimum atomic E-state index is -1.000.